The van der Waals surface area contributed by atoms with E-state index in [1.165, 1.54) is 12.1 Å². The number of fused-ring (bicyclic) bond motifs is 4. The maximum Gasteiger partial charge on any atom is 0.864 e. The van der Waals surface area contributed by atoms with Crippen molar-refractivity contribution in [3.05, 3.63) is 124 Å². The highest BCUT2D eigenvalue weighted by Crippen LogP contribution is 2.47. The van der Waals surface area contributed by atoms with Gasteiger partial charge in [0.1, 0.15) is 23.1 Å². The predicted molar refractivity (Wildman–Crippen MR) is 132 cm³/mol. The number of halogens is 11. The second kappa shape index (κ2) is 10.6. The van der Waals surface area contributed by atoms with Crippen molar-refractivity contribution in [1.29, 1.82) is 0 Å². The zero-order valence-corrected chi connectivity index (χ0v) is 21.3. The second-order valence-corrected chi connectivity index (χ2v) is 9.33. The molecular formula is C29H10BF11O3. The Morgan fingerprint density at radius 1 is 0.477 bits per heavy atom. The molecule has 0 fully saturated rings. The molecule has 0 aromatic heterocycles. The quantitative estimate of drug-likeness (QED) is 0.0804. The Balaban J connectivity index is 1.51. The second-order valence-electron chi connectivity index (χ2n) is 9.33. The van der Waals surface area contributed by atoms with Crippen LogP contribution >= 0.6 is 0 Å². The molecule has 1 aliphatic rings. The van der Waals surface area contributed by atoms with E-state index >= 15 is 4.39 Å². The van der Waals surface area contributed by atoms with E-state index in [2.05, 4.69) is 0 Å². The fraction of sp³-hybridized carbons (Fsp3) is 0.0345. The minimum absolute atomic E-state index is 0.0721. The van der Waals surface area contributed by atoms with Gasteiger partial charge in [-0.2, -0.15) is 8.78 Å². The van der Waals surface area contributed by atoms with Crippen molar-refractivity contribution in [3.63, 3.8) is 0 Å². The lowest BCUT2D eigenvalue weighted by atomic mass is 10.0. The topological polar surface area (TPSA) is 27.7 Å². The van der Waals surface area contributed by atoms with Gasteiger partial charge < -0.3 is 14.0 Å². The van der Waals surface area contributed by atoms with Crippen molar-refractivity contribution in [2.24, 2.45) is 0 Å². The summed E-state index contributed by atoms with van der Waals surface area (Å²) in [5.74, 6) is -24.2. The molecule has 3 nitrogen and oxygen atoms in total. The van der Waals surface area contributed by atoms with Gasteiger partial charge in [0.15, 0.2) is 46.5 Å². The van der Waals surface area contributed by atoms with Gasteiger partial charge in [0.2, 0.25) is 11.6 Å². The van der Waals surface area contributed by atoms with E-state index in [1.54, 1.807) is 0 Å². The Labute approximate surface area is 239 Å². The van der Waals surface area contributed by atoms with E-state index in [-0.39, 0.29) is 5.56 Å². The predicted octanol–water partition coefficient (Wildman–Crippen LogP) is 8.46. The molecule has 0 heterocycles. The Kier molecular flexibility index (Phi) is 7.05. The Hall–Kier alpha value is -4.95. The zero-order valence-electron chi connectivity index (χ0n) is 21.3. The van der Waals surface area contributed by atoms with E-state index in [1.807, 2.05) is 0 Å². The highest BCUT2D eigenvalue weighted by molar-refractivity contribution is 6.40. The van der Waals surface area contributed by atoms with Gasteiger partial charge in [-0.05, 0) is 29.8 Å². The van der Waals surface area contributed by atoms with Crippen LogP contribution in [0.2, 0.25) is 0 Å². The molecule has 15 heteroatoms. The number of benzene rings is 5. The zero-order chi connectivity index (χ0) is 31.6. The van der Waals surface area contributed by atoms with Gasteiger partial charge in [-0.1, -0.05) is 24.3 Å². The molecule has 5 aromatic carbocycles. The third kappa shape index (κ3) is 4.45. The van der Waals surface area contributed by atoms with Crippen LogP contribution in [0, 0.1) is 64.0 Å². The van der Waals surface area contributed by atoms with Gasteiger partial charge in [-0.25, -0.2) is 39.5 Å². The largest absolute Gasteiger partial charge is 0.864 e. The molecule has 0 aliphatic heterocycles. The summed E-state index contributed by atoms with van der Waals surface area (Å²) in [6.45, 7) is 0. The van der Waals surface area contributed by atoms with E-state index in [9.17, 15) is 43.9 Å². The van der Waals surface area contributed by atoms with Crippen molar-refractivity contribution in [2.75, 3.05) is 0 Å². The highest BCUT2D eigenvalue weighted by Gasteiger charge is 2.40. The minimum Gasteiger partial charge on any atom is -0.489 e. The van der Waals surface area contributed by atoms with Gasteiger partial charge in [0.25, 0.3) is 0 Å². The van der Waals surface area contributed by atoms with E-state index in [0.717, 1.165) is 24.3 Å². The maximum atomic E-state index is 15.2. The first-order valence-electron chi connectivity index (χ1n) is 12.3. The first-order valence-corrected chi connectivity index (χ1v) is 12.3. The molecule has 224 valence electrons. The highest BCUT2D eigenvalue weighted by atomic mass is 19.2. The molecular weight excluding hydrogens is 616 g/mol. The van der Waals surface area contributed by atoms with Crippen LogP contribution in [0.25, 0.3) is 21.9 Å². The SMILES string of the molecule is Fc1ccc(OB(Oc2c(F)c(F)c(F)c3c2Cc2cccc(F)c2-3)Oc2cccc3c(F)c(F)c(F)c(F)c23)c(F)c1F. The summed E-state index contributed by atoms with van der Waals surface area (Å²) in [6.07, 6.45) is -0.448. The number of rotatable bonds is 6. The average molecular weight is 626 g/mol. The van der Waals surface area contributed by atoms with Gasteiger partial charge in [0.05, 0.1) is 5.39 Å². The summed E-state index contributed by atoms with van der Waals surface area (Å²) in [6, 6.07) is 7.01. The molecule has 0 radical (unpaired) electrons. The van der Waals surface area contributed by atoms with Crippen LogP contribution in [-0.4, -0.2) is 7.32 Å². The number of hydrogen-bond donors (Lipinski definition) is 0. The van der Waals surface area contributed by atoms with Crippen LogP contribution in [0.4, 0.5) is 48.3 Å². The Morgan fingerprint density at radius 3 is 1.89 bits per heavy atom. The summed E-state index contributed by atoms with van der Waals surface area (Å²) in [5, 5.41) is -1.93. The van der Waals surface area contributed by atoms with E-state index < -0.39 is 122 Å². The maximum absolute atomic E-state index is 15.2. The van der Waals surface area contributed by atoms with Gasteiger partial charge >= 0.3 is 7.32 Å². The molecule has 1 aliphatic carbocycles. The first-order chi connectivity index (χ1) is 20.9. The Morgan fingerprint density at radius 2 is 1.14 bits per heavy atom. The van der Waals surface area contributed by atoms with Gasteiger partial charge in [-0.3, -0.25) is 0 Å². The monoisotopic (exact) mass is 626 g/mol. The van der Waals surface area contributed by atoms with E-state index in [4.69, 9.17) is 14.0 Å². The van der Waals surface area contributed by atoms with Crippen molar-refractivity contribution in [2.45, 2.75) is 6.42 Å². The molecule has 6 rings (SSSR count). The normalized spacial score (nSPS) is 11.9. The van der Waals surface area contributed by atoms with Crippen molar-refractivity contribution >= 4 is 18.1 Å². The van der Waals surface area contributed by atoms with Crippen LogP contribution in [0.3, 0.4) is 0 Å². The first kappa shape index (κ1) is 29.1. The van der Waals surface area contributed by atoms with Crippen molar-refractivity contribution in [3.8, 4) is 28.4 Å². The third-order valence-corrected chi connectivity index (χ3v) is 6.82. The Bertz CT molecular complexity index is 2020. The van der Waals surface area contributed by atoms with Gasteiger partial charge in [0, 0.05) is 28.5 Å². The molecule has 0 N–H and O–H groups in total. The summed E-state index contributed by atoms with van der Waals surface area (Å²) in [7, 11) is -2.66. The van der Waals surface area contributed by atoms with Crippen molar-refractivity contribution in [1.82, 2.24) is 0 Å². The van der Waals surface area contributed by atoms with Crippen LogP contribution in [0.1, 0.15) is 11.1 Å². The number of hydrogen-bond acceptors (Lipinski definition) is 3. The standard InChI is InChI=1S/C29H10BF11O3/c31-13-5-1-3-10-9-12-19(17(10)13)24(37)27(40)28(41)29(12)44-30(43-16-8-7-14(32)21(34)22(16)35)42-15-6-2-4-11-18(15)23(36)26(39)25(38)20(11)33/h1-8H,9H2. The third-order valence-electron chi connectivity index (χ3n) is 6.82. The lowest BCUT2D eigenvalue weighted by Crippen LogP contribution is -2.38. The lowest BCUT2D eigenvalue weighted by Gasteiger charge is -2.20. The molecule has 0 bridgehead atoms. The summed E-state index contributed by atoms with van der Waals surface area (Å²) in [5.41, 5.74) is -1.60. The lowest BCUT2D eigenvalue weighted by molar-refractivity contribution is 0.286. The van der Waals surface area contributed by atoms with Crippen LogP contribution in [0.15, 0.2) is 48.5 Å². The van der Waals surface area contributed by atoms with Crippen LogP contribution in [-0.2, 0) is 6.42 Å². The molecule has 0 amide bonds. The minimum atomic E-state index is -2.66. The molecule has 44 heavy (non-hydrogen) atoms. The summed E-state index contributed by atoms with van der Waals surface area (Å²) in [4.78, 5) is 0. The fourth-order valence-corrected chi connectivity index (χ4v) is 4.86. The average Bonchev–Trinajstić information content (AvgIpc) is 3.41. The smallest absolute Gasteiger partial charge is 0.489 e. The summed E-state index contributed by atoms with van der Waals surface area (Å²) >= 11 is 0. The fourth-order valence-electron chi connectivity index (χ4n) is 4.86. The molecule has 0 saturated carbocycles. The van der Waals surface area contributed by atoms with Gasteiger partial charge in [-0.15, -0.1) is 0 Å². The molecule has 5 aromatic rings. The van der Waals surface area contributed by atoms with Crippen LogP contribution < -0.4 is 14.0 Å². The van der Waals surface area contributed by atoms with Crippen molar-refractivity contribution < 1.29 is 62.3 Å². The van der Waals surface area contributed by atoms with E-state index in [0.29, 0.717) is 12.1 Å². The molecule has 0 spiro atoms. The molecule has 0 atom stereocenters. The summed E-state index contributed by atoms with van der Waals surface area (Å²) < 4.78 is 174. The molecule has 0 saturated heterocycles. The van der Waals surface area contributed by atoms with Crippen LogP contribution in [0.5, 0.6) is 17.2 Å². The molecule has 0 unspecified atom stereocenters.